The molecule has 0 fully saturated rings. The van der Waals surface area contributed by atoms with Crippen LogP contribution in [0.3, 0.4) is 0 Å². The molecule has 23 heavy (non-hydrogen) atoms. The van der Waals surface area contributed by atoms with Crippen molar-refractivity contribution >= 4 is 28.9 Å². The van der Waals surface area contributed by atoms with Gasteiger partial charge in [0.15, 0.2) is 0 Å². The minimum Gasteiger partial charge on any atom is -0.287 e. The molecule has 0 saturated heterocycles. The molecule has 0 aliphatic carbocycles. The van der Waals surface area contributed by atoms with E-state index in [1.54, 1.807) is 29.1 Å². The second-order valence-corrected chi connectivity index (χ2v) is 4.93. The molecule has 6 heteroatoms. The number of nitrogens with zero attached hydrogens (tertiary/aromatic N) is 3. The summed E-state index contributed by atoms with van der Waals surface area (Å²) in [5.74, 6) is -0.426. The van der Waals surface area contributed by atoms with Crippen LogP contribution < -0.4 is 5.43 Å². The van der Waals surface area contributed by atoms with Crippen LogP contribution in [0.5, 0.6) is 0 Å². The minimum atomic E-state index is -0.343. The molecule has 2 heterocycles. The van der Waals surface area contributed by atoms with Gasteiger partial charge in [-0.3, -0.25) is 19.1 Å². The van der Waals surface area contributed by atoms with Crippen molar-refractivity contribution in [1.82, 2.24) is 15.0 Å². The molecule has 1 amide bonds. The van der Waals surface area contributed by atoms with Crippen LogP contribution >= 0.6 is 0 Å². The number of nitrogens with one attached hydrogen (secondary N) is 1. The first-order valence-electron chi connectivity index (χ1n) is 7.01. The molecule has 0 atom stereocenters. The van der Waals surface area contributed by atoms with Crippen molar-refractivity contribution in [1.29, 1.82) is 0 Å². The van der Waals surface area contributed by atoms with Crippen molar-refractivity contribution < 1.29 is 9.59 Å². The molecular formula is C17H14N4O2. The molecule has 0 unspecified atom stereocenters. The first-order valence-corrected chi connectivity index (χ1v) is 7.01. The van der Waals surface area contributed by atoms with Gasteiger partial charge in [0.1, 0.15) is 0 Å². The number of amides is 1. The summed E-state index contributed by atoms with van der Waals surface area (Å²) in [4.78, 5) is 27.5. The molecule has 114 valence electrons. The molecule has 0 aliphatic rings. The van der Waals surface area contributed by atoms with Crippen molar-refractivity contribution in [3.8, 4) is 0 Å². The highest BCUT2D eigenvalue weighted by Crippen LogP contribution is 2.19. The van der Waals surface area contributed by atoms with Crippen LogP contribution in [-0.2, 0) is 0 Å². The topological polar surface area (TPSA) is 76.3 Å². The van der Waals surface area contributed by atoms with E-state index in [0.717, 1.165) is 16.5 Å². The highest BCUT2D eigenvalue weighted by atomic mass is 16.2. The van der Waals surface area contributed by atoms with Crippen LogP contribution in [-0.4, -0.2) is 27.6 Å². The Balaban J connectivity index is 1.84. The smallest absolute Gasteiger partial charge is 0.272 e. The Labute approximate surface area is 132 Å². The molecule has 6 nitrogen and oxygen atoms in total. The van der Waals surface area contributed by atoms with Gasteiger partial charge in [-0.1, -0.05) is 18.2 Å². The van der Waals surface area contributed by atoms with Gasteiger partial charge in [-0.05, 0) is 18.2 Å². The lowest BCUT2D eigenvalue weighted by atomic mass is 10.2. The van der Waals surface area contributed by atoms with Crippen molar-refractivity contribution in [2.45, 2.75) is 6.92 Å². The largest absolute Gasteiger partial charge is 0.287 e. The molecule has 0 aliphatic heterocycles. The standard InChI is InChI=1S/C17H14N4O2/c1-12(22)21-11-14(15-6-2-3-7-16(15)21)10-19-20-17(23)13-5-4-8-18-9-13/h2-11H,1H3,(H,20,23). The molecule has 0 radical (unpaired) electrons. The highest BCUT2D eigenvalue weighted by molar-refractivity contribution is 6.03. The van der Waals surface area contributed by atoms with E-state index in [0.29, 0.717) is 5.56 Å². The summed E-state index contributed by atoms with van der Waals surface area (Å²) in [5, 5.41) is 4.85. The first-order chi connectivity index (χ1) is 11.2. The molecule has 0 bridgehead atoms. The summed E-state index contributed by atoms with van der Waals surface area (Å²) in [6.07, 6.45) is 6.28. The molecular weight excluding hydrogens is 292 g/mol. The first kappa shape index (κ1) is 14.6. The lowest BCUT2D eigenvalue weighted by Gasteiger charge is -1.97. The van der Waals surface area contributed by atoms with Crippen molar-refractivity contribution in [2.24, 2.45) is 5.10 Å². The Bertz CT molecular complexity index is 897. The maximum Gasteiger partial charge on any atom is 0.272 e. The number of hydrogen-bond donors (Lipinski definition) is 1. The molecule has 3 aromatic rings. The Morgan fingerprint density at radius 3 is 2.78 bits per heavy atom. The second kappa shape index (κ2) is 6.23. The van der Waals surface area contributed by atoms with Crippen LogP contribution in [0.4, 0.5) is 0 Å². The molecule has 3 rings (SSSR count). The van der Waals surface area contributed by atoms with Gasteiger partial charge < -0.3 is 0 Å². The van der Waals surface area contributed by atoms with E-state index in [-0.39, 0.29) is 11.8 Å². The van der Waals surface area contributed by atoms with Gasteiger partial charge in [0.05, 0.1) is 17.3 Å². The number of para-hydroxylation sites is 1. The van der Waals surface area contributed by atoms with Crippen LogP contribution in [0.1, 0.15) is 27.6 Å². The molecule has 1 aromatic carbocycles. The van der Waals surface area contributed by atoms with Gasteiger partial charge in [-0.25, -0.2) is 5.43 Å². The monoisotopic (exact) mass is 306 g/mol. The lowest BCUT2D eigenvalue weighted by Crippen LogP contribution is -2.17. The zero-order chi connectivity index (χ0) is 16.2. The van der Waals surface area contributed by atoms with Crippen LogP contribution in [0, 0.1) is 0 Å². The summed E-state index contributed by atoms with van der Waals surface area (Å²) in [5.41, 5.74) is 4.43. The SMILES string of the molecule is CC(=O)n1cc(C=NNC(=O)c2cccnc2)c2ccccc21. The number of carbonyl (C=O) groups excluding carboxylic acids is 2. The molecule has 0 saturated carbocycles. The second-order valence-electron chi connectivity index (χ2n) is 4.93. The zero-order valence-electron chi connectivity index (χ0n) is 12.4. The average molecular weight is 306 g/mol. The number of hydrogen-bond acceptors (Lipinski definition) is 4. The fourth-order valence-corrected chi connectivity index (χ4v) is 2.29. The van der Waals surface area contributed by atoms with Crippen LogP contribution in [0.2, 0.25) is 0 Å². The number of rotatable bonds is 3. The van der Waals surface area contributed by atoms with Gasteiger partial charge in [0.2, 0.25) is 5.91 Å². The Morgan fingerprint density at radius 2 is 2.04 bits per heavy atom. The Kier molecular flexibility index (Phi) is 3.97. The van der Waals surface area contributed by atoms with Crippen LogP contribution in [0.25, 0.3) is 10.9 Å². The normalized spacial score (nSPS) is 11.0. The van der Waals surface area contributed by atoms with Gasteiger partial charge in [0, 0.05) is 36.5 Å². The number of hydrazone groups is 1. The molecule has 1 N–H and O–H groups in total. The fourth-order valence-electron chi connectivity index (χ4n) is 2.29. The molecule has 0 spiro atoms. The summed E-state index contributed by atoms with van der Waals surface area (Å²) in [6.45, 7) is 1.50. The Hall–Kier alpha value is -3.28. The third-order valence-electron chi connectivity index (χ3n) is 3.38. The summed E-state index contributed by atoms with van der Waals surface area (Å²) < 4.78 is 1.56. The van der Waals surface area contributed by atoms with Gasteiger partial charge in [0.25, 0.3) is 5.91 Å². The predicted octanol–water partition coefficient (Wildman–Crippen LogP) is 2.46. The van der Waals surface area contributed by atoms with Crippen LogP contribution in [0.15, 0.2) is 60.1 Å². The summed E-state index contributed by atoms with van der Waals surface area (Å²) in [7, 11) is 0. The number of pyridine rings is 1. The molecule has 2 aromatic heterocycles. The minimum absolute atomic E-state index is 0.0831. The van der Waals surface area contributed by atoms with E-state index in [1.165, 1.54) is 19.3 Å². The van der Waals surface area contributed by atoms with E-state index >= 15 is 0 Å². The number of fused-ring (bicyclic) bond motifs is 1. The summed E-state index contributed by atoms with van der Waals surface area (Å²) >= 11 is 0. The lowest BCUT2D eigenvalue weighted by molar-refractivity contribution is 0.0937. The summed E-state index contributed by atoms with van der Waals surface area (Å²) in [6, 6.07) is 10.9. The van der Waals surface area contributed by atoms with Gasteiger partial charge in [-0.15, -0.1) is 0 Å². The third-order valence-corrected chi connectivity index (χ3v) is 3.38. The van der Waals surface area contributed by atoms with Crippen molar-refractivity contribution in [2.75, 3.05) is 0 Å². The average Bonchev–Trinajstić information content (AvgIpc) is 2.95. The number of carbonyl (C=O) groups is 2. The maximum absolute atomic E-state index is 11.9. The predicted molar refractivity (Wildman–Crippen MR) is 87.5 cm³/mol. The fraction of sp³-hybridized carbons (Fsp3) is 0.0588. The van der Waals surface area contributed by atoms with Crippen molar-refractivity contribution in [3.05, 3.63) is 66.1 Å². The zero-order valence-corrected chi connectivity index (χ0v) is 12.4. The Morgan fingerprint density at radius 1 is 1.22 bits per heavy atom. The van der Waals surface area contributed by atoms with E-state index < -0.39 is 0 Å². The van der Waals surface area contributed by atoms with Gasteiger partial charge in [-0.2, -0.15) is 5.10 Å². The number of aromatic nitrogens is 2. The number of benzene rings is 1. The van der Waals surface area contributed by atoms with E-state index in [9.17, 15) is 9.59 Å². The van der Waals surface area contributed by atoms with Gasteiger partial charge >= 0.3 is 0 Å². The third kappa shape index (κ3) is 3.01. The quantitative estimate of drug-likeness (QED) is 0.596. The maximum atomic E-state index is 11.9. The van der Waals surface area contributed by atoms with E-state index in [4.69, 9.17) is 0 Å². The van der Waals surface area contributed by atoms with Crippen molar-refractivity contribution in [3.63, 3.8) is 0 Å². The van der Waals surface area contributed by atoms with E-state index in [1.807, 2.05) is 24.3 Å². The van der Waals surface area contributed by atoms with E-state index in [2.05, 4.69) is 15.5 Å². The highest BCUT2D eigenvalue weighted by Gasteiger charge is 2.09.